The highest BCUT2D eigenvalue weighted by atomic mass is 35.5. The monoisotopic (exact) mass is 603 g/mol. The van der Waals surface area contributed by atoms with Crippen LogP contribution < -0.4 is 9.62 Å². The highest BCUT2D eigenvalue weighted by molar-refractivity contribution is 7.92. The van der Waals surface area contributed by atoms with Crippen molar-refractivity contribution in [2.45, 2.75) is 51.7 Å². The minimum atomic E-state index is -3.62. The summed E-state index contributed by atoms with van der Waals surface area (Å²) in [7, 11) is -3.62. The zero-order valence-electron chi connectivity index (χ0n) is 22.9. The van der Waals surface area contributed by atoms with Gasteiger partial charge in [-0.15, -0.1) is 0 Å². The number of halogens is 2. The number of nitrogens with zero attached hydrogens (tertiary/aromatic N) is 2. The van der Waals surface area contributed by atoms with Gasteiger partial charge in [0.1, 0.15) is 6.04 Å². The van der Waals surface area contributed by atoms with Crippen LogP contribution in [0.5, 0.6) is 0 Å². The van der Waals surface area contributed by atoms with Gasteiger partial charge in [0, 0.05) is 42.0 Å². The van der Waals surface area contributed by atoms with Crippen molar-refractivity contribution in [3.63, 3.8) is 0 Å². The summed E-state index contributed by atoms with van der Waals surface area (Å²) in [5, 5.41) is 3.90. The number of anilines is 1. The molecule has 3 aromatic rings. The lowest BCUT2D eigenvalue weighted by Gasteiger charge is -2.32. The van der Waals surface area contributed by atoms with E-state index in [1.807, 2.05) is 50.2 Å². The molecule has 1 N–H and O–H groups in total. The van der Waals surface area contributed by atoms with Gasteiger partial charge >= 0.3 is 0 Å². The Labute approximate surface area is 247 Å². The highest BCUT2D eigenvalue weighted by Gasteiger charge is 2.31. The van der Waals surface area contributed by atoms with Crippen molar-refractivity contribution >= 4 is 50.7 Å². The van der Waals surface area contributed by atoms with Gasteiger partial charge in [-0.1, -0.05) is 71.7 Å². The molecule has 0 saturated heterocycles. The summed E-state index contributed by atoms with van der Waals surface area (Å²) in [5.41, 5.74) is 2.13. The fourth-order valence-corrected chi connectivity index (χ4v) is 5.76. The SMILES string of the molecule is CC(C)NC(=O)[C@H](Cc1ccccc1)N(Cc1cccc(Cl)c1)C(=O)CCCN(c1cccc(Cl)c1)S(C)(=O)=O. The Balaban J connectivity index is 1.88. The maximum atomic E-state index is 13.8. The Morgan fingerprint density at radius 2 is 1.50 bits per heavy atom. The number of sulfonamides is 1. The second-order valence-corrected chi connectivity index (χ2v) is 12.7. The van der Waals surface area contributed by atoms with E-state index in [9.17, 15) is 18.0 Å². The van der Waals surface area contributed by atoms with Crippen LogP contribution in [0, 0.1) is 0 Å². The molecule has 40 heavy (non-hydrogen) atoms. The summed E-state index contributed by atoms with van der Waals surface area (Å²) in [5.74, 6) is -0.523. The van der Waals surface area contributed by atoms with Gasteiger partial charge in [0.2, 0.25) is 21.8 Å². The maximum Gasteiger partial charge on any atom is 0.243 e. The summed E-state index contributed by atoms with van der Waals surface area (Å²) >= 11 is 12.3. The van der Waals surface area contributed by atoms with Gasteiger partial charge in [-0.05, 0) is 61.7 Å². The van der Waals surface area contributed by atoms with Crippen LogP contribution in [0.15, 0.2) is 78.9 Å². The number of carbonyl (C=O) groups is 2. The lowest BCUT2D eigenvalue weighted by molar-refractivity contribution is -0.141. The Morgan fingerprint density at radius 1 is 0.875 bits per heavy atom. The Hall–Kier alpha value is -3.07. The van der Waals surface area contributed by atoms with Gasteiger partial charge in [-0.3, -0.25) is 13.9 Å². The molecule has 3 rings (SSSR count). The van der Waals surface area contributed by atoms with Crippen molar-refractivity contribution in [1.82, 2.24) is 10.2 Å². The standard InChI is InChI=1S/C30H35Cl2N3O4S/c1-22(2)33-30(37)28(19-23-10-5-4-6-11-23)34(21-24-12-7-13-25(31)18-24)29(36)16-9-17-35(40(3,38)39)27-15-8-14-26(32)20-27/h4-8,10-15,18,20,22,28H,9,16-17,19,21H2,1-3H3,(H,33,37)/t28-/m0/s1. The van der Waals surface area contributed by atoms with E-state index in [2.05, 4.69) is 5.32 Å². The molecule has 0 aliphatic rings. The lowest BCUT2D eigenvalue weighted by atomic mass is 10.0. The van der Waals surface area contributed by atoms with Crippen molar-refractivity contribution in [3.8, 4) is 0 Å². The number of hydrogen-bond donors (Lipinski definition) is 1. The molecule has 0 radical (unpaired) electrons. The number of hydrogen-bond acceptors (Lipinski definition) is 4. The largest absolute Gasteiger partial charge is 0.352 e. The molecule has 0 spiro atoms. The molecule has 0 bridgehead atoms. The summed E-state index contributed by atoms with van der Waals surface area (Å²) in [6, 6.07) is 22.4. The van der Waals surface area contributed by atoms with E-state index >= 15 is 0 Å². The van der Waals surface area contributed by atoms with Crippen LogP contribution in [0.3, 0.4) is 0 Å². The van der Waals surface area contributed by atoms with Crippen molar-refractivity contribution in [3.05, 3.63) is 100 Å². The van der Waals surface area contributed by atoms with Crippen LogP contribution >= 0.6 is 23.2 Å². The molecule has 214 valence electrons. The average molecular weight is 605 g/mol. The lowest BCUT2D eigenvalue weighted by Crippen LogP contribution is -2.51. The van der Waals surface area contributed by atoms with Gasteiger partial charge in [-0.25, -0.2) is 8.42 Å². The van der Waals surface area contributed by atoms with Crippen LogP contribution in [0.4, 0.5) is 5.69 Å². The van der Waals surface area contributed by atoms with Crippen LogP contribution in [0.2, 0.25) is 10.0 Å². The van der Waals surface area contributed by atoms with Gasteiger partial charge in [0.05, 0.1) is 11.9 Å². The predicted molar refractivity (Wildman–Crippen MR) is 162 cm³/mol. The topological polar surface area (TPSA) is 86.8 Å². The Morgan fingerprint density at radius 3 is 2.10 bits per heavy atom. The van der Waals surface area contributed by atoms with Crippen molar-refractivity contribution in [1.29, 1.82) is 0 Å². The van der Waals surface area contributed by atoms with Crippen LogP contribution in [0.1, 0.15) is 37.8 Å². The summed E-state index contributed by atoms with van der Waals surface area (Å²) in [6.07, 6.45) is 1.72. The van der Waals surface area contributed by atoms with Crippen LogP contribution in [-0.2, 0) is 32.6 Å². The van der Waals surface area contributed by atoms with E-state index in [-0.39, 0.29) is 43.8 Å². The molecule has 0 fully saturated rings. The second-order valence-electron chi connectivity index (χ2n) is 9.94. The number of nitrogens with one attached hydrogen (secondary N) is 1. The predicted octanol–water partition coefficient (Wildman–Crippen LogP) is 5.70. The molecule has 3 aromatic carbocycles. The maximum absolute atomic E-state index is 13.8. The fraction of sp³-hybridized carbons (Fsp3) is 0.333. The first kappa shape index (κ1) is 31.5. The van der Waals surface area contributed by atoms with Crippen LogP contribution in [-0.4, -0.2) is 50.0 Å². The third-order valence-electron chi connectivity index (χ3n) is 6.19. The molecule has 0 aliphatic carbocycles. The van der Waals surface area contributed by atoms with E-state index in [4.69, 9.17) is 23.2 Å². The van der Waals surface area contributed by atoms with Crippen molar-refractivity contribution in [2.75, 3.05) is 17.1 Å². The van der Waals surface area contributed by atoms with E-state index < -0.39 is 16.1 Å². The first-order valence-electron chi connectivity index (χ1n) is 13.1. The molecule has 0 aliphatic heterocycles. The number of rotatable bonds is 13. The van der Waals surface area contributed by atoms with E-state index in [0.29, 0.717) is 22.2 Å². The molecule has 0 saturated carbocycles. The van der Waals surface area contributed by atoms with Gasteiger partial charge in [0.25, 0.3) is 0 Å². The Kier molecular flexibility index (Phi) is 11.4. The third-order valence-corrected chi connectivity index (χ3v) is 7.86. The quantitative estimate of drug-likeness (QED) is 0.271. The molecule has 1 atom stereocenters. The molecule has 7 nitrogen and oxygen atoms in total. The summed E-state index contributed by atoms with van der Waals surface area (Å²) in [4.78, 5) is 28.8. The molecule has 0 aromatic heterocycles. The minimum Gasteiger partial charge on any atom is -0.352 e. The van der Waals surface area contributed by atoms with E-state index in [0.717, 1.165) is 17.4 Å². The molecular formula is C30H35Cl2N3O4S. The number of carbonyl (C=O) groups excluding carboxylic acids is 2. The Bertz CT molecular complexity index is 1400. The van der Waals surface area contributed by atoms with Gasteiger partial charge < -0.3 is 10.2 Å². The normalized spacial score (nSPS) is 12.2. The fourth-order valence-electron chi connectivity index (χ4n) is 4.40. The second kappa shape index (κ2) is 14.5. The zero-order valence-corrected chi connectivity index (χ0v) is 25.2. The molecule has 10 heteroatoms. The van der Waals surface area contributed by atoms with Gasteiger partial charge in [-0.2, -0.15) is 0 Å². The summed E-state index contributed by atoms with van der Waals surface area (Å²) in [6.45, 7) is 4.00. The first-order valence-corrected chi connectivity index (χ1v) is 15.7. The third kappa shape index (κ3) is 9.54. The van der Waals surface area contributed by atoms with E-state index in [1.165, 1.54) is 4.31 Å². The number of amides is 2. The van der Waals surface area contributed by atoms with Crippen molar-refractivity contribution in [2.24, 2.45) is 0 Å². The molecule has 0 heterocycles. The molecular weight excluding hydrogens is 569 g/mol. The molecule has 0 unspecified atom stereocenters. The average Bonchev–Trinajstić information content (AvgIpc) is 2.88. The minimum absolute atomic E-state index is 0.0351. The van der Waals surface area contributed by atoms with Crippen LogP contribution in [0.25, 0.3) is 0 Å². The van der Waals surface area contributed by atoms with E-state index in [1.54, 1.807) is 47.4 Å². The molecule has 2 amide bonds. The highest BCUT2D eigenvalue weighted by Crippen LogP contribution is 2.23. The first-order chi connectivity index (χ1) is 18.9. The summed E-state index contributed by atoms with van der Waals surface area (Å²) < 4.78 is 26.3. The van der Waals surface area contributed by atoms with Crippen molar-refractivity contribution < 1.29 is 18.0 Å². The smallest absolute Gasteiger partial charge is 0.243 e. The number of benzene rings is 3. The zero-order chi connectivity index (χ0) is 29.3. The van der Waals surface area contributed by atoms with Gasteiger partial charge in [0.15, 0.2) is 0 Å².